The molecule has 3 amide bonds. The Kier molecular flexibility index (Phi) is 8.52. The zero-order chi connectivity index (χ0) is 27.2. The van der Waals surface area contributed by atoms with Gasteiger partial charge in [-0.15, -0.1) is 11.3 Å². The Morgan fingerprint density at radius 1 is 1.05 bits per heavy atom. The summed E-state index contributed by atoms with van der Waals surface area (Å²) in [6, 6.07) is 14.9. The van der Waals surface area contributed by atoms with Crippen LogP contribution in [0, 0.1) is 12.7 Å². The summed E-state index contributed by atoms with van der Waals surface area (Å²) in [5.74, 6) is -3.12. The van der Waals surface area contributed by atoms with E-state index < -0.39 is 35.8 Å². The fraction of sp³-hybridized carbons (Fsp3) is 0.286. The lowest BCUT2D eigenvalue weighted by Crippen LogP contribution is -2.64. The standard InChI is InChI=1S/C28H28FN3O5S/c1-18-5-2-6-20(15-18)23(17-25(34)35)30-26(36)27-31(24(33)16-22-7-3-14-38-22)12-4-13-32(27)28(37)19-8-10-21(29)11-9-19/h2-3,5-11,14-15,23,27H,4,12-13,16-17H2,1H3,(H,30,36)(H,34,35). The monoisotopic (exact) mass is 537 g/mol. The van der Waals surface area contributed by atoms with E-state index in [2.05, 4.69) is 5.32 Å². The molecule has 0 spiro atoms. The van der Waals surface area contributed by atoms with E-state index in [1.165, 1.54) is 33.3 Å². The minimum atomic E-state index is -1.30. The molecular weight excluding hydrogens is 509 g/mol. The average Bonchev–Trinajstić information content (AvgIpc) is 3.40. The number of hydrogen-bond donors (Lipinski definition) is 2. The molecule has 0 saturated carbocycles. The minimum absolute atomic E-state index is 0.0659. The van der Waals surface area contributed by atoms with Crippen LogP contribution in [0.4, 0.5) is 4.39 Å². The molecule has 2 aromatic carbocycles. The summed E-state index contributed by atoms with van der Waals surface area (Å²) in [5.41, 5.74) is 1.67. The number of aliphatic carboxylic acids is 1. The Hall–Kier alpha value is -4.05. The number of carboxylic acids is 1. The molecule has 2 N–H and O–H groups in total. The van der Waals surface area contributed by atoms with Gasteiger partial charge in [0.1, 0.15) is 5.82 Å². The zero-order valence-corrected chi connectivity index (χ0v) is 21.6. The van der Waals surface area contributed by atoms with E-state index >= 15 is 0 Å². The maximum absolute atomic E-state index is 13.8. The van der Waals surface area contributed by atoms with E-state index in [-0.39, 0.29) is 37.4 Å². The summed E-state index contributed by atoms with van der Waals surface area (Å²) in [6.45, 7) is 2.31. The third-order valence-electron chi connectivity index (χ3n) is 6.34. The van der Waals surface area contributed by atoms with Crippen molar-refractivity contribution >= 4 is 35.0 Å². The molecule has 2 heterocycles. The van der Waals surface area contributed by atoms with Crippen LogP contribution in [0.2, 0.25) is 0 Å². The van der Waals surface area contributed by atoms with Crippen molar-refractivity contribution in [2.75, 3.05) is 13.1 Å². The van der Waals surface area contributed by atoms with Crippen LogP contribution in [0.3, 0.4) is 0 Å². The second kappa shape index (κ2) is 12.0. The second-order valence-corrected chi connectivity index (χ2v) is 10.2. The lowest BCUT2D eigenvalue weighted by atomic mass is 10.0. The second-order valence-electron chi connectivity index (χ2n) is 9.15. The third kappa shape index (κ3) is 6.44. The number of nitrogens with one attached hydrogen (secondary N) is 1. The van der Waals surface area contributed by atoms with Crippen LogP contribution in [-0.4, -0.2) is 57.9 Å². The third-order valence-corrected chi connectivity index (χ3v) is 7.22. The van der Waals surface area contributed by atoms with Gasteiger partial charge in [0, 0.05) is 23.5 Å². The molecule has 38 heavy (non-hydrogen) atoms. The molecule has 0 aliphatic carbocycles. The number of aryl methyl sites for hydroxylation is 1. The summed E-state index contributed by atoms with van der Waals surface area (Å²) >= 11 is 1.42. The fourth-order valence-corrected chi connectivity index (χ4v) is 5.26. The van der Waals surface area contributed by atoms with E-state index in [9.17, 15) is 28.7 Å². The summed E-state index contributed by atoms with van der Waals surface area (Å²) in [4.78, 5) is 55.8. The number of nitrogens with zero attached hydrogens (tertiary/aromatic N) is 2. The quantitative estimate of drug-likeness (QED) is 0.455. The molecule has 1 aromatic heterocycles. The van der Waals surface area contributed by atoms with E-state index in [1.54, 1.807) is 18.2 Å². The first kappa shape index (κ1) is 27.0. The number of carbonyl (C=O) groups excluding carboxylic acids is 3. The van der Waals surface area contributed by atoms with Crippen LogP contribution in [0.5, 0.6) is 0 Å². The van der Waals surface area contributed by atoms with Gasteiger partial charge in [-0.05, 0) is 54.6 Å². The van der Waals surface area contributed by atoms with Crippen molar-refractivity contribution in [1.82, 2.24) is 15.1 Å². The van der Waals surface area contributed by atoms with Crippen molar-refractivity contribution in [3.63, 3.8) is 0 Å². The zero-order valence-electron chi connectivity index (χ0n) is 20.8. The molecule has 3 aromatic rings. The summed E-state index contributed by atoms with van der Waals surface area (Å²) in [5, 5.41) is 14.2. The molecule has 8 nitrogen and oxygen atoms in total. The van der Waals surface area contributed by atoms with Crippen molar-refractivity contribution in [2.45, 2.75) is 38.4 Å². The summed E-state index contributed by atoms with van der Waals surface area (Å²) in [6.07, 6.45) is -1.16. The molecule has 198 valence electrons. The maximum Gasteiger partial charge on any atom is 0.305 e. The van der Waals surface area contributed by atoms with Crippen molar-refractivity contribution in [1.29, 1.82) is 0 Å². The topological polar surface area (TPSA) is 107 Å². The number of thiophene rings is 1. The van der Waals surface area contributed by atoms with Gasteiger partial charge in [-0.25, -0.2) is 4.39 Å². The van der Waals surface area contributed by atoms with Crippen LogP contribution >= 0.6 is 11.3 Å². The number of carbonyl (C=O) groups is 4. The SMILES string of the molecule is Cc1cccc(C(CC(=O)O)NC(=O)C2N(C(=O)Cc3cccs3)CCCN2C(=O)c2ccc(F)cc2)c1. The van der Waals surface area contributed by atoms with Gasteiger partial charge in [0.05, 0.1) is 18.9 Å². The molecule has 0 bridgehead atoms. The van der Waals surface area contributed by atoms with Crippen LogP contribution in [-0.2, 0) is 20.8 Å². The van der Waals surface area contributed by atoms with Crippen LogP contribution in [0.15, 0.2) is 66.0 Å². The first-order valence-electron chi connectivity index (χ1n) is 12.2. The van der Waals surface area contributed by atoms with Crippen molar-refractivity contribution < 1.29 is 28.7 Å². The number of carboxylic acid groups (broad SMARTS) is 1. The largest absolute Gasteiger partial charge is 0.481 e. The fourth-order valence-electron chi connectivity index (χ4n) is 4.56. The lowest BCUT2D eigenvalue weighted by Gasteiger charge is -2.43. The predicted molar refractivity (Wildman–Crippen MR) is 140 cm³/mol. The molecule has 2 unspecified atom stereocenters. The van der Waals surface area contributed by atoms with Crippen molar-refractivity contribution in [2.24, 2.45) is 0 Å². The number of hydrogen-bond acceptors (Lipinski definition) is 5. The Labute approximate surface area is 223 Å². The first-order valence-corrected chi connectivity index (χ1v) is 13.1. The molecule has 0 radical (unpaired) electrons. The van der Waals surface area contributed by atoms with Crippen LogP contribution in [0.1, 0.15) is 45.2 Å². The van der Waals surface area contributed by atoms with E-state index in [0.29, 0.717) is 12.0 Å². The van der Waals surface area contributed by atoms with Gasteiger partial charge < -0.3 is 20.2 Å². The molecule has 1 aliphatic heterocycles. The van der Waals surface area contributed by atoms with Crippen molar-refractivity contribution in [3.8, 4) is 0 Å². The Morgan fingerprint density at radius 2 is 1.79 bits per heavy atom. The van der Waals surface area contributed by atoms with Crippen LogP contribution in [0.25, 0.3) is 0 Å². The number of benzene rings is 2. The van der Waals surface area contributed by atoms with E-state index in [4.69, 9.17) is 0 Å². The highest BCUT2D eigenvalue weighted by atomic mass is 32.1. The predicted octanol–water partition coefficient (Wildman–Crippen LogP) is 3.77. The van der Waals surface area contributed by atoms with Gasteiger partial charge in [-0.2, -0.15) is 0 Å². The average molecular weight is 538 g/mol. The van der Waals surface area contributed by atoms with Crippen molar-refractivity contribution in [3.05, 3.63) is 93.4 Å². The molecule has 1 aliphatic rings. The molecule has 1 fully saturated rings. The van der Waals surface area contributed by atoms with E-state index in [0.717, 1.165) is 22.6 Å². The molecule has 10 heteroatoms. The number of amides is 3. The minimum Gasteiger partial charge on any atom is -0.481 e. The lowest BCUT2D eigenvalue weighted by molar-refractivity contribution is -0.149. The Morgan fingerprint density at radius 3 is 2.45 bits per heavy atom. The first-order chi connectivity index (χ1) is 18.2. The molecule has 4 rings (SSSR count). The number of halogens is 1. The van der Waals surface area contributed by atoms with Gasteiger partial charge in [-0.3, -0.25) is 19.2 Å². The molecule has 2 atom stereocenters. The van der Waals surface area contributed by atoms with Gasteiger partial charge in [-0.1, -0.05) is 35.9 Å². The Balaban J connectivity index is 1.67. The maximum atomic E-state index is 13.8. The van der Waals surface area contributed by atoms with Gasteiger partial charge in [0.25, 0.3) is 11.8 Å². The summed E-state index contributed by atoms with van der Waals surface area (Å²) < 4.78 is 13.5. The highest BCUT2D eigenvalue weighted by Crippen LogP contribution is 2.24. The van der Waals surface area contributed by atoms with Gasteiger partial charge in [0.2, 0.25) is 5.91 Å². The van der Waals surface area contributed by atoms with E-state index in [1.807, 2.05) is 30.5 Å². The van der Waals surface area contributed by atoms with Crippen LogP contribution < -0.4 is 5.32 Å². The normalized spacial score (nSPS) is 16.1. The number of rotatable bonds is 8. The highest BCUT2D eigenvalue weighted by molar-refractivity contribution is 7.10. The smallest absolute Gasteiger partial charge is 0.305 e. The molecular formula is C28H28FN3O5S. The van der Waals surface area contributed by atoms with Gasteiger partial charge >= 0.3 is 5.97 Å². The summed E-state index contributed by atoms with van der Waals surface area (Å²) in [7, 11) is 0. The highest BCUT2D eigenvalue weighted by Gasteiger charge is 2.41. The molecule has 1 saturated heterocycles. The Bertz CT molecular complexity index is 1310. The van der Waals surface area contributed by atoms with Gasteiger partial charge in [0.15, 0.2) is 6.17 Å².